The van der Waals surface area contributed by atoms with Gasteiger partial charge in [-0.3, -0.25) is 4.79 Å². The third-order valence-electron chi connectivity index (χ3n) is 6.17. The summed E-state index contributed by atoms with van der Waals surface area (Å²) in [6.45, 7) is 0.722. The van der Waals surface area contributed by atoms with Gasteiger partial charge < -0.3 is 9.67 Å². The predicted molar refractivity (Wildman–Crippen MR) is 152 cm³/mol. The molecule has 6 heteroatoms. The lowest BCUT2D eigenvalue weighted by Gasteiger charge is -2.27. The van der Waals surface area contributed by atoms with E-state index < -0.39 is 11.5 Å². The molecule has 2 N–H and O–H groups in total. The van der Waals surface area contributed by atoms with Crippen LogP contribution in [0.25, 0.3) is 10.9 Å². The first-order valence-electron chi connectivity index (χ1n) is 11.5. The van der Waals surface area contributed by atoms with Crippen molar-refractivity contribution in [3.05, 3.63) is 141 Å². The number of aromatic nitrogens is 1. The summed E-state index contributed by atoms with van der Waals surface area (Å²) in [6.07, 6.45) is 3.65. The second-order valence-corrected chi connectivity index (χ2v) is 9.74. The number of hydrogen-bond donors (Lipinski definition) is 2. The number of carbonyl (C=O) groups is 1. The smallest absolute Gasteiger partial charge is 0.281 e. The first kappa shape index (κ1) is 24.0. The molecule has 1 aromatic heterocycles. The maximum absolute atomic E-state index is 13.3. The number of hydrogen-bond acceptors (Lipinski definition) is 3. The van der Waals surface area contributed by atoms with Crippen LogP contribution in [0.1, 0.15) is 22.3 Å². The first-order chi connectivity index (χ1) is 17.6. The van der Waals surface area contributed by atoms with E-state index in [2.05, 4.69) is 68.0 Å². The number of carbonyl (C=O) groups excluding carboxylic acids is 1. The number of rotatable bonds is 7. The van der Waals surface area contributed by atoms with Gasteiger partial charge in [0.25, 0.3) is 5.91 Å². The highest BCUT2D eigenvalue weighted by Crippen LogP contribution is 2.30. The van der Waals surface area contributed by atoms with Gasteiger partial charge in [-0.15, -0.1) is 0 Å². The Kier molecular flexibility index (Phi) is 6.97. The van der Waals surface area contributed by atoms with Crippen LogP contribution >= 0.6 is 22.6 Å². The van der Waals surface area contributed by atoms with Crippen molar-refractivity contribution in [2.24, 2.45) is 5.10 Å². The lowest BCUT2D eigenvalue weighted by Crippen LogP contribution is -2.43. The minimum Gasteiger partial charge on any atom is -0.372 e. The van der Waals surface area contributed by atoms with Gasteiger partial charge in [0, 0.05) is 32.8 Å². The molecule has 0 unspecified atom stereocenters. The summed E-state index contributed by atoms with van der Waals surface area (Å²) in [6, 6.07) is 34.3. The van der Waals surface area contributed by atoms with Crippen molar-refractivity contribution in [1.82, 2.24) is 9.99 Å². The van der Waals surface area contributed by atoms with Crippen LogP contribution in [0.5, 0.6) is 0 Å². The van der Waals surface area contributed by atoms with Gasteiger partial charge in [0.05, 0.1) is 6.21 Å². The minimum absolute atomic E-state index is 0.470. The molecule has 1 heterocycles. The maximum Gasteiger partial charge on any atom is 0.281 e. The second kappa shape index (κ2) is 10.5. The summed E-state index contributed by atoms with van der Waals surface area (Å²) >= 11 is 2.30. The van der Waals surface area contributed by atoms with Crippen LogP contribution in [-0.4, -0.2) is 21.8 Å². The van der Waals surface area contributed by atoms with Crippen LogP contribution in [0.2, 0.25) is 0 Å². The topological polar surface area (TPSA) is 66.6 Å². The van der Waals surface area contributed by atoms with Gasteiger partial charge in [0.1, 0.15) is 0 Å². The van der Waals surface area contributed by atoms with E-state index in [4.69, 9.17) is 0 Å². The Morgan fingerprint density at radius 3 is 2.08 bits per heavy atom. The molecule has 178 valence electrons. The summed E-state index contributed by atoms with van der Waals surface area (Å²) < 4.78 is 3.37. The third-order valence-corrected chi connectivity index (χ3v) is 6.89. The Labute approximate surface area is 223 Å². The molecule has 4 aromatic carbocycles. The van der Waals surface area contributed by atoms with Gasteiger partial charge in [-0.25, -0.2) is 5.43 Å². The zero-order valence-corrected chi connectivity index (χ0v) is 21.5. The van der Waals surface area contributed by atoms with Crippen molar-refractivity contribution in [2.45, 2.75) is 12.1 Å². The monoisotopic (exact) mass is 585 g/mol. The van der Waals surface area contributed by atoms with Crippen LogP contribution in [0.3, 0.4) is 0 Å². The summed E-state index contributed by atoms with van der Waals surface area (Å²) in [7, 11) is 0. The predicted octanol–water partition coefficient (Wildman–Crippen LogP) is 5.68. The molecule has 5 nitrogen and oxygen atoms in total. The molecule has 0 aliphatic heterocycles. The van der Waals surface area contributed by atoms with Gasteiger partial charge in [-0.2, -0.15) is 5.10 Å². The van der Waals surface area contributed by atoms with E-state index in [0.717, 1.165) is 23.0 Å². The average Bonchev–Trinajstić information content (AvgIpc) is 3.27. The van der Waals surface area contributed by atoms with E-state index in [-0.39, 0.29) is 0 Å². The van der Waals surface area contributed by atoms with Crippen LogP contribution in [0.15, 0.2) is 120 Å². The van der Waals surface area contributed by atoms with Gasteiger partial charge in [-0.1, -0.05) is 91.0 Å². The highest BCUT2D eigenvalue weighted by atomic mass is 127. The highest BCUT2D eigenvalue weighted by Gasteiger charge is 2.39. The Balaban J connectivity index is 1.43. The van der Waals surface area contributed by atoms with Crippen LogP contribution in [0.4, 0.5) is 0 Å². The molecular weight excluding hydrogens is 561 g/mol. The summed E-state index contributed by atoms with van der Waals surface area (Å²) in [4.78, 5) is 13.3. The zero-order valence-electron chi connectivity index (χ0n) is 19.4. The van der Waals surface area contributed by atoms with E-state index in [1.807, 2.05) is 36.5 Å². The lowest BCUT2D eigenvalue weighted by atomic mass is 9.85. The molecular formula is C30H24IN3O2. The Morgan fingerprint density at radius 1 is 0.861 bits per heavy atom. The normalized spacial score (nSPS) is 11.7. The molecule has 5 rings (SSSR count). The van der Waals surface area contributed by atoms with E-state index in [9.17, 15) is 9.90 Å². The fraction of sp³-hybridized carbons (Fsp3) is 0.0667. The van der Waals surface area contributed by atoms with Crippen molar-refractivity contribution in [3.63, 3.8) is 0 Å². The number of nitrogens with one attached hydrogen (secondary N) is 1. The van der Waals surface area contributed by atoms with Crippen molar-refractivity contribution in [3.8, 4) is 0 Å². The molecule has 0 spiro atoms. The summed E-state index contributed by atoms with van der Waals surface area (Å²) in [5, 5.41) is 16.9. The number of halogens is 1. The van der Waals surface area contributed by atoms with E-state index in [1.54, 1.807) is 54.7 Å². The zero-order chi connectivity index (χ0) is 25.0. The van der Waals surface area contributed by atoms with Gasteiger partial charge >= 0.3 is 0 Å². The fourth-order valence-corrected chi connectivity index (χ4v) is 4.68. The van der Waals surface area contributed by atoms with E-state index >= 15 is 0 Å². The highest BCUT2D eigenvalue weighted by molar-refractivity contribution is 14.1. The molecule has 0 atom stereocenters. The lowest BCUT2D eigenvalue weighted by molar-refractivity contribution is -0.136. The van der Waals surface area contributed by atoms with Crippen molar-refractivity contribution in [1.29, 1.82) is 0 Å². The van der Waals surface area contributed by atoms with Gasteiger partial charge in [0.2, 0.25) is 0 Å². The maximum atomic E-state index is 13.3. The number of nitrogens with zero attached hydrogens (tertiary/aromatic N) is 2. The van der Waals surface area contributed by atoms with Crippen LogP contribution in [-0.2, 0) is 16.9 Å². The van der Waals surface area contributed by atoms with Crippen molar-refractivity contribution < 1.29 is 9.90 Å². The molecule has 0 aliphatic rings. The number of aliphatic hydroxyl groups is 1. The number of benzene rings is 4. The summed E-state index contributed by atoms with van der Waals surface area (Å²) in [5.74, 6) is -0.626. The standard InChI is InChI=1S/C30H24IN3O2/c31-26-17-15-22(16-18-26)20-34-21-23(27-13-7-8-14-28(27)34)19-32-33-29(35)30(36,24-9-3-1-4-10-24)25-11-5-2-6-12-25/h1-19,21,36H,20H2,(H,33,35)/b32-19-. The van der Waals surface area contributed by atoms with E-state index in [1.165, 1.54) is 9.13 Å². The van der Waals surface area contributed by atoms with Crippen LogP contribution < -0.4 is 5.43 Å². The number of amides is 1. The second-order valence-electron chi connectivity index (χ2n) is 8.50. The molecule has 0 radical (unpaired) electrons. The van der Waals surface area contributed by atoms with Crippen molar-refractivity contribution in [2.75, 3.05) is 0 Å². The summed E-state index contributed by atoms with van der Waals surface area (Å²) in [5.41, 5.74) is 4.78. The third kappa shape index (κ3) is 4.82. The largest absolute Gasteiger partial charge is 0.372 e. The Morgan fingerprint density at radius 2 is 1.44 bits per heavy atom. The molecule has 5 aromatic rings. The molecule has 1 amide bonds. The fourth-order valence-electron chi connectivity index (χ4n) is 4.32. The Hall–Kier alpha value is -3.75. The minimum atomic E-state index is -1.88. The van der Waals surface area contributed by atoms with Gasteiger partial charge in [-0.05, 0) is 57.5 Å². The number of fused-ring (bicyclic) bond motifs is 1. The van der Waals surface area contributed by atoms with Crippen LogP contribution in [0, 0.1) is 3.57 Å². The molecule has 36 heavy (non-hydrogen) atoms. The Bertz CT molecular complexity index is 1470. The van der Waals surface area contributed by atoms with Crippen molar-refractivity contribution >= 4 is 45.6 Å². The van der Waals surface area contributed by atoms with Gasteiger partial charge in [0.15, 0.2) is 5.60 Å². The average molecular weight is 585 g/mol. The molecule has 0 saturated heterocycles. The molecule has 0 aliphatic carbocycles. The molecule has 0 bridgehead atoms. The number of hydrazone groups is 1. The van der Waals surface area contributed by atoms with E-state index in [0.29, 0.717) is 11.1 Å². The number of para-hydroxylation sites is 1. The molecule has 0 fully saturated rings. The quantitative estimate of drug-likeness (QED) is 0.147. The first-order valence-corrected chi connectivity index (χ1v) is 12.6. The SMILES string of the molecule is O=C(N/N=C\c1cn(Cc2ccc(I)cc2)c2ccccc12)C(O)(c1ccccc1)c1ccccc1. The molecule has 0 saturated carbocycles.